The Morgan fingerprint density at radius 2 is 2.15 bits per heavy atom. The number of anilines is 1. The molecular formula is C26H30ClN3O3. The van der Waals surface area contributed by atoms with Gasteiger partial charge in [-0.25, -0.2) is 0 Å². The van der Waals surface area contributed by atoms with Crippen molar-refractivity contribution in [3.8, 4) is 5.75 Å². The fraction of sp³-hybridized carbons (Fsp3) is 0.385. The van der Waals surface area contributed by atoms with Crippen LogP contribution in [0.2, 0.25) is 5.02 Å². The molecule has 0 bridgehead atoms. The van der Waals surface area contributed by atoms with Gasteiger partial charge in [-0.05, 0) is 74.2 Å². The molecule has 2 aliphatic heterocycles. The lowest BCUT2D eigenvalue weighted by Crippen LogP contribution is -2.40. The summed E-state index contributed by atoms with van der Waals surface area (Å²) < 4.78 is 5.78. The minimum absolute atomic E-state index is 0.155. The molecule has 174 valence electrons. The van der Waals surface area contributed by atoms with Crippen LogP contribution in [0.15, 0.2) is 48.2 Å². The zero-order valence-electron chi connectivity index (χ0n) is 18.9. The van der Waals surface area contributed by atoms with E-state index in [1.165, 1.54) is 25.7 Å². The smallest absolute Gasteiger partial charge is 0.291 e. The van der Waals surface area contributed by atoms with Crippen molar-refractivity contribution in [1.29, 1.82) is 0 Å². The highest BCUT2D eigenvalue weighted by Gasteiger charge is 2.23. The Hall–Kier alpha value is -2.83. The molecule has 0 saturated carbocycles. The van der Waals surface area contributed by atoms with E-state index >= 15 is 0 Å². The Bertz CT molecular complexity index is 1050. The molecule has 0 radical (unpaired) electrons. The summed E-state index contributed by atoms with van der Waals surface area (Å²) >= 11 is 6.01. The lowest BCUT2D eigenvalue weighted by Gasteiger charge is -2.35. The summed E-state index contributed by atoms with van der Waals surface area (Å²) in [5, 5.41) is 6.38. The summed E-state index contributed by atoms with van der Waals surface area (Å²) in [5.74, 6) is 0.144. The number of piperidine rings is 1. The van der Waals surface area contributed by atoms with Gasteiger partial charge in [-0.1, -0.05) is 37.1 Å². The van der Waals surface area contributed by atoms with E-state index in [1.54, 1.807) is 36.4 Å². The largest absolute Gasteiger partial charge is 0.449 e. The fourth-order valence-electron chi connectivity index (χ4n) is 4.45. The number of ether oxygens (including phenoxy) is 1. The van der Waals surface area contributed by atoms with Crippen LogP contribution < -0.4 is 15.4 Å². The molecule has 2 N–H and O–H groups in total. The first-order valence-corrected chi connectivity index (χ1v) is 12.0. The molecule has 6 nitrogen and oxygen atoms in total. The van der Waals surface area contributed by atoms with Crippen molar-refractivity contribution < 1.29 is 14.3 Å². The number of hydrogen-bond acceptors (Lipinski definition) is 4. The van der Waals surface area contributed by atoms with Crippen LogP contribution in [0.4, 0.5) is 5.69 Å². The summed E-state index contributed by atoms with van der Waals surface area (Å²) in [5.41, 5.74) is 1.74. The second-order valence-electron chi connectivity index (χ2n) is 8.53. The molecule has 0 aromatic heterocycles. The zero-order valence-corrected chi connectivity index (χ0v) is 19.7. The van der Waals surface area contributed by atoms with Gasteiger partial charge in [-0.15, -0.1) is 0 Å². The summed E-state index contributed by atoms with van der Waals surface area (Å²) in [4.78, 5) is 27.7. The van der Waals surface area contributed by atoms with Crippen LogP contribution in [0.3, 0.4) is 0 Å². The molecule has 2 aromatic carbocycles. The number of fused-ring (bicyclic) bond motifs is 1. The van der Waals surface area contributed by atoms with E-state index in [9.17, 15) is 9.59 Å². The van der Waals surface area contributed by atoms with Gasteiger partial charge in [0, 0.05) is 29.7 Å². The molecule has 1 unspecified atom stereocenters. The maximum absolute atomic E-state index is 12.6. The molecule has 1 saturated heterocycles. The molecule has 1 fully saturated rings. The molecule has 7 heteroatoms. The number of nitrogens with one attached hydrogen (secondary N) is 2. The van der Waals surface area contributed by atoms with Crippen LogP contribution in [0.5, 0.6) is 5.75 Å². The van der Waals surface area contributed by atoms with Crippen molar-refractivity contribution in [3.05, 3.63) is 64.4 Å². The van der Waals surface area contributed by atoms with Gasteiger partial charge < -0.3 is 20.3 Å². The van der Waals surface area contributed by atoms with Gasteiger partial charge in [-0.2, -0.15) is 0 Å². The average Bonchev–Trinajstić information content (AvgIpc) is 2.82. The first kappa shape index (κ1) is 23.3. The summed E-state index contributed by atoms with van der Waals surface area (Å²) in [6.45, 7) is 5.04. The summed E-state index contributed by atoms with van der Waals surface area (Å²) in [6, 6.07) is 12.9. The highest BCUT2D eigenvalue weighted by atomic mass is 35.5. The molecule has 33 heavy (non-hydrogen) atoms. The summed E-state index contributed by atoms with van der Waals surface area (Å²) in [6.07, 6.45) is 7.61. The molecule has 0 aliphatic carbocycles. The average molecular weight is 468 g/mol. The number of halogens is 1. The van der Waals surface area contributed by atoms with E-state index in [4.69, 9.17) is 16.3 Å². The van der Waals surface area contributed by atoms with Crippen molar-refractivity contribution in [3.63, 3.8) is 0 Å². The molecule has 2 amide bonds. The van der Waals surface area contributed by atoms with Gasteiger partial charge in [0.2, 0.25) is 0 Å². The predicted molar refractivity (Wildman–Crippen MR) is 132 cm³/mol. The Labute approximate surface area is 199 Å². The monoisotopic (exact) mass is 467 g/mol. The van der Waals surface area contributed by atoms with Gasteiger partial charge in [0.1, 0.15) is 0 Å². The molecule has 1 atom stereocenters. The number of rotatable bonds is 7. The maximum atomic E-state index is 12.6. The Kier molecular flexibility index (Phi) is 7.68. The standard InChI is InChI=1S/C26H30ClN3O3/c1-2-21-9-3-4-13-30(21)14-6-12-28-25(31)19-10-11-23-22(17-19)29-26(32)24(33-23)16-18-7-5-8-20(27)15-18/h5,7-8,10-11,15-17,21H,2-4,6,9,12-14H2,1H3,(H,28,31)(H,29,32). The number of nitrogens with zero attached hydrogens (tertiary/aromatic N) is 1. The molecule has 2 aromatic rings. The van der Waals surface area contributed by atoms with Crippen LogP contribution in [-0.4, -0.2) is 42.4 Å². The highest BCUT2D eigenvalue weighted by Crippen LogP contribution is 2.32. The SMILES string of the molecule is CCC1CCCCN1CCCNC(=O)c1ccc2c(c1)NC(=O)C(=Cc1cccc(Cl)c1)O2. The van der Waals surface area contributed by atoms with E-state index in [-0.39, 0.29) is 17.6 Å². The molecule has 2 aliphatic rings. The Morgan fingerprint density at radius 1 is 1.27 bits per heavy atom. The molecule has 0 spiro atoms. The van der Waals surface area contributed by atoms with Crippen LogP contribution in [0.1, 0.15) is 54.9 Å². The van der Waals surface area contributed by atoms with Crippen molar-refractivity contribution >= 4 is 35.2 Å². The van der Waals surface area contributed by atoms with Crippen LogP contribution in [0, 0.1) is 0 Å². The number of hydrogen-bond donors (Lipinski definition) is 2. The third kappa shape index (κ3) is 5.95. The quantitative estimate of drug-likeness (QED) is 0.439. The first-order valence-electron chi connectivity index (χ1n) is 11.7. The van der Waals surface area contributed by atoms with Crippen molar-refractivity contribution in [2.24, 2.45) is 0 Å². The maximum Gasteiger partial charge on any atom is 0.291 e. The first-order chi connectivity index (χ1) is 16.0. The van der Waals surface area contributed by atoms with Crippen LogP contribution in [-0.2, 0) is 4.79 Å². The molecule has 2 heterocycles. The molecular weight excluding hydrogens is 438 g/mol. The van der Waals surface area contributed by atoms with Gasteiger partial charge >= 0.3 is 0 Å². The van der Waals surface area contributed by atoms with E-state index < -0.39 is 0 Å². The van der Waals surface area contributed by atoms with Gasteiger partial charge in [0.05, 0.1) is 5.69 Å². The lowest BCUT2D eigenvalue weighted by molar-refractivity contribution is -0.115. The Balaban J connectivity index is 1.33. The lowest BCUT2D eigenvalue weighted by atomic mass is 10.00. The van der Waals surface area contributed by atoms with Crippen molar-refractivity contribution in [1.82, 2.24) is 10.2 Å². The van der Waals surface area contributed by atoms with E-state index in [0.717, 1.165) is 25.1 Å². The highest BCUT2D eigenvalue weighted by molar-refractivity contribution is 6.30. The van der Waals surface area contributed by atoms with Crippen molar-refractivity contribution in [2.45, 2.75) is 45.1 Å². The second-order valence-corrected chi connectivity index (χ2v) is 8.97. The number of benzene rings is 2. The van der Waals surface area contributed by atoms with E-state index in [0.29, 0.717) is 34.6 Å². The topological polar surface area (TPSA) is 70.7 Å². The number of carbonyl (C=O) groups excluding carboxylic acids is 2. The van der Waals surface area contributed by atoms with Crippen molar-refractivity contribution in [2.75, 3.05) is 25.0 Å². The number of carbonyl (C=O) groups is 2. The third-order valence-corrected chi connectivity index (χ3v) is 6.44. The zero-order chi connectivity index (χ0) is 23.2. The van der Waals surface area contributed by atoms with Gasteiger partial charge in [0.15, 0.2) is 11.5 Å². The fourth-order valence-corrected chi connectivity index (χ4v) is 4.65. The van der Waals surface area contributed by atoms with Crippen LogP contribution >= 0.6 is 11.6 Å². The van der Waals surface area contributed by atoms with Crippen LogP contribution in [0.25, 0.3) is 6.08 Å². The summed E-state index contributed by atoms with van der Waals surface area (Å²) in [7, 11) is 0. The minimum atomic E-state index is -0.368. The number of amides is 2. The Morgan fingerprint density at radius 3 is 2.97 bits per heavy atom. The van der Waals surface area contributed by atoms with Gasteiger partial charge in [-0.3, -0.25) is 9.59 Å². The normalized spacial score (nSPS) is 19.5. The third-order valence-electron chi connectivity index (χ3n) is 6.21. The van der Waals surface area contributed by atoms with Gasteiger partial charge in [0.25, 0.3) is 11.8 Å². The van der Waals surface area contributed by atoms with E-state index in [1.807, 2.05) is 12.1 Å². The molecule has 4 rings (SSSR count). The van der Waals surface area contributed by atoms with E-state index in [2.05, 4.69) is 22.5 Å². The minimum Gasteiger partial charge on any atom is -0.449 e. The number of likely N-dealkylation sites (tertiary alicyclic amines) is 1. The predicted octanol–water partition coefficient (Wildman–Crippen LogP) is 5.10. The second kappa shape index (κ2) is 10.9.